The number of hydrogen-bond donors (Lipinski definition) is 1. The molecule has 1 aromatic rings. The van der Waals surface area contributed by atoms with Crippen LogP contribution in [0.2, 0.25) is 0 Å². The van der Waals surface area contributed by atoms with Crippen LogP contribution in [0.3, 0.4) is 0 Å². The minimum Gasteiger partial charge on any atom is -0.381 e. The summed E-state index contributed by atoms with van der Waals surface area (Å²) in [7, 11) is 0. The Labute approximate surface area is 104 Å². The van der Waals surface area contributed by atoms with Gasteiger partial charge in [0.2, 0.25) is 0 Å². The average molecular weight is 233 g/mol. The maximum absolute atomic E-state index is 6.40. The van der Waals surface area contributed by atoms with E-state index in [0.29, 0.717) is 11.8 Å². The summed E-state index contributed by atoms with van der Waals surface area (Å²) in [5.74, 6) is 1.11. The molecule has 1 aliphatic heterocycles. The lowest BCUT2D eigenvalue weighted by Crippen LogP contribution is -2.33. The lowest BCUT2D eigenvalue weighted by molar-refractivity contribution is 0.0154. The standard InChI is InChI=1S/C15H23NO/c1-3-12-4-6-13(7-5-12)15(16)14-8-9-17-10-11(14)2/h4-7,11,14-15H,3,8-10,16H2,1-2H3. The van der Waals surface area contributed by atoms with E-state index in [1.807, 2.05) is 0 Å². The summed E-state index contributed by atoms with van der Waals surface area (Å²) < 4.78 is 5.48. The van der Waals surface area contributed by atoms with Crippen molar-refractivity contribution in [2.45, 2.75) is 32.7 Å². The molecule has 1 aliphatic rings. The first-order valence-corrected chi connectivity index (χ1v) is 6.64. The van der Waals surface area contributed by atoms with Crippen LogP contribution in [-0.4, -0.2) is 13.2 Å². The zero-order chi connectivity index (χ0) is 12.3. The fourth-order valence-electron chi connectivity index (χ4n) is 2.65. The Hall–Kier alpha value is -0.860. The van der Waals surface area contributed by atoms with E-state index in [-0.39, 0.29) is 6.04 Å². The van der Waals surface area contributed by atoms with Crippen LogP contribution in [-0.2, 0) is 11.2 Å². The molecule has 0 aromatic heterocycles. The molecule has 0 saturated carbocycles. The number of aryl methyl sites for hydroxylation is 1. The molecule has 0 aliphatic carbocycles. The average Bonchev–Trinajstić information content (AvgIpc) is 2.39. The van der Waals surface area contributed by atoms with Gasteiger partial charge in [0.1, 0.15) is 0 Å². The molecule has 94 valence electrons. The van der Waals surface area contributed by atoms with Gasteiger partial charge in [-0.2, -0.15) is 0 Å². The highest BCUT2D eigenvalue weighted by atomic mass is 16.5. The fraction of sp³-hybridized carbons (Fsp3) is 0.600. The molecule has 3 unspecified atom stereocenters. The maximum atomic E-state index is 6.40. The molecule has 0 radical (unpaired) electrons. The number of ether oxygens (including phenoxy) is 1. The van der Waals surface area contributed by atoms with Crippen LogP contribution in [0.1, 0.15) is 37.4 Å². The number of rotatable bonds is 3. The molecular weight excluding hydrogens is 210 g/mol. The smallest absolute Gasteiger partial charge is 0.0494 e. The second kappa shape index (κ2) is 5.65. The van der Waals surface area contributed by atoms with Crippen LogP contribution >= 0.6 is 0 Å². The fourth-order valence-corrected chi connectivity index (χ4v) is 2.65. The number of benzene rings is 1. The van der Waals surface area contributed by atoms with E-state index in [1.54, 1.807) is 0 Å². The summed E-state index contributed by atoms with van der Waals surface area (Å²) in [6.07, 6.45) is 2.17. The van der Waals surface area contributed by atoms with Gasteiger partial charge in [-0.15, -0.1) is 0 Å². The Balaban J connectivity index is 2.09. The minimum absolute atomic E-state index is 0.153. The topological polar surface area (TPSA) is 35.2 Å². The van der Waals surface area contributed by atoms with Gasteiger partial charge < -0.3 is 10.5 Å². The third-order valence-corrected chi connectivity index (χ3v) is 3.94. The summed E-state index contributed by atoms with van der Waals surface area (Å²) in [5, 5.41) is 0. The van der Waals surface area contributed by atoms with Crippen molar-refractivity contribution in [2.75, 3.05) is 13.2 Å². The number of hydrogen-bond acceptors (Lipinski definition) is 2. The van der Waals surface area contributed by atoms with Crippen molar-refractivity contribution in [3.8, 4) is 0 Å². The van der Waals surface area contributed by atoms with Crippen molar-refractivity contribution in [2.24, 2.45) is 17.6 Å². The Morgan fingerprint density at radius 1 is 1.35 bits per heavy atom. The molecule has 2 nitrogen and oxygen atoms in total. The van der Waals surface area contributed by atoms with Crippen LogP contribution in [0.15, 0.2) is 24.3 Å². The summed E-state index contributed by atoms with van der Waals surface area (Å²) in [4.78, 5) is 0. The highest BCUT2D eigenvalue weighted by Crippen LogP contribution is 2.32. The Morgan fingerprint density at radius 3 is 2.65 bits per heavy atom. The van der Waals surface area contributed by atoms with Crippen LogP contribution in [0.4, 0.5) is 0 Å². The highest BCUT2D eigenvalue weighted by Gasteiger charge is 2.28. The van der Waals surface area contributed by atoms with Gasteiger partial charge in [-0.3, -0.25) is 0 Å². The van der Waals surface area contributed by atoms with Crippen LogP contribution in [0.25, 0.3) is 0 Å². The van der Waals surface area contributed by atoms with E-state index < -0.39 is 0 Å². The first kappa shape index (κ1) is 12.6. The van der Waals surface area contributed by atoms with E-state index in [4.69, 9.17) is 10.5 Å². The summed E-state index contributed by atoms with van der Waals surface area (Å²) in [6.45, 7) is 6.13. The number of nitrogens with two attached hydrogens (primary N) is 1. The molecule has 1 aromatic carbocycles. The van der Waals surface area contributed by atoms with Gasteiger partial charge in [0.05, 0.1) is 0 Å². The molecule has 3 atom stereocenters. The zero-order valence-electron chi connectivity index (χ0n) is 10.9. The van der Waals surface area contributed by atoms with Gasteiger partial charge in [0.15, 0.2) is 0 Å². The Morgan fingerprint density at radius 2 is 2.06 bits per heavy atom. The predicted molar refractivity (Wildman–Crippen MR) is 70.8 cm³/mol. The van der Waals surface area contributed by atoms with Crippen molar-refractivity contribution in [1.29, 1.82) is 0 Å². The molecule has 17 heavy (non-hydrogen) atoms. The quantitative estimate of drug-likeness (QED) is 0.871. The van der Waals surface area contributed by atoms with E-state index >= 15 is 0 Å². The largest absolute Gasteiger partial charge is 0.381 e. The lowest BCUT2D eigenvalue weighted by atomic mass is 9.81. The van der Waals surface area contributed by atoms with Crippen LogP contribution in [0.5, 0.6) is 0 Å². The Kier molecular flexibility index (Phi) is 4.19. The molecule has 0 bridgehead atoms. The zero-order valence-corrected chi connectivity index (χ0v) is 10.9. The van der Waals surface area contributed by atoms with E-state index in [9.17, 15) is 0 Å². The Bertz CT molecular complexity index is 346. The molecule has 0 spiro atoms. The normalized spacial score (nSPS) is 26.8. The molecular formula is C15H23NO. The van der Waals surface area contributed by atoms with Gasteiger partial charge in [-0.05, 0) is 35.8 Å². The molecule has 2 heteroatoms. The summed E-state index contributed by atoms with van der Waals surface area (Å²) in [5.41, 5.74) is 9.04. The first-order valence-electron chi connectivity index (χ1n) is 6.64. The molecule has 0 amide bonds. The second-order valence-electron chi connectivity index (χ2n) is 5.13. The van der Waals surface area contributed by atoms with Crippen LogP contribution in [0, 0.1) is 11.8 Å². The minimum atomic E-state index is 0.153. The predicted octanol–water partition coefficient (Wildman–Crippen LogP) is 2.92. The molecule has 2 N–H and O–H groups in total. The highest BCUT2D eigenvalue weighted by molar-refractivity contribution is 5.25. The summed E-state index contributed by atoms with van der Waals surface area (Å²) >= 11 is 0. The van der Waals surface area contributed by atoms with Crippen molar-refractivity contribution >= 4 is 0 Å². The van der Waals surface area contributed by atoms with E-state index in [1.165, 1.54) is 11.1 Å². The molecule has 1 heterocycles. The van der Waals surface area contributed by atoms with E-state index in [2.05, 4.69) is 38.1 Å². The van der Waals surface area contributed by atoms with E-state index in [0.717, 1.165) is 26.1 Å². The van der Waals surface area contributed by atoms with Crippen molar-refractivity contribution in [3.63, 3.8) is 0 Å². The van der Waals surface area contributed by atoms with Crippen molar-refractivity contribution < 1.29 is 4.74 Å². The monoisotopic (exact) mass is 233 g/mol. The van der Waals surface area contributed by atoms with Crippen molar-refractivity contribution in [3.05, 3.63) is 35.4 Å². The third-order valence-electron chi connectivity index (χ3n) is 3.94. The maximum Gasteiger partial charge on any atom is 0.0494 e. The molecule has 2 rings (SSSR count). The van der Waals surface area contributed by atoms with Gasteiger partial charge in [-0.25, -0.2) is 0 Å². The second-order valence-corrected chi connectivity index (χ2v) is 5.13. The molecule has 1 saturated heterocycles. The third kappa shape index (κ3) is 2.88. The molecule has 1 fully saturated rings. The van der Waals surface area contributed by atoms with Gasteiger partial charge in [0.25, 0.3) is 0 Å². The van der Waals surface area contributed by atoms with Gasteiger partial charge in [0, 0.05) is 19.3 Å². The first-order chi connectivity index (χ1) is 8.22. The lowest BCUT2D eigenvalue weighted by Gasteiger charge is -2.33. The van der Waals surface area contributed by atoms with Crippen LogP contribution < -0.4 is 5.73 Å². The van der Waals surface area contributed by atoms with Gasteiger partial charge >= 0.3 is 0 Å². The summed E-state index contributed by atoms with van der Waals surface area (Å²) in [6, 6.07) is 8.91. The SMILES string of the molecule is CCc1ccc(C(N)C2CCOCC2C)cc1. The van der Waals surface area contributed by atoms with Gasteiger partial charge in [-0.1, -0.05) is 38.1 Å². The van der Waals surface area contributed by atoms with Crippen molar-refractivity contribution in [1.82, 2.24) is 0 Å².